The lowest BCUT2D eigenvalue weighted by Crippen LogP contribution is -2.43. The summed E-state index contributed by atoms with van der Waals surface area (Å²) in [6.07, 6.45) is 5.89. The number of benzene rings is 1. The van der Waals surface area contributed by atoms with Crippen molar-refractivity contribution >= 4 is 16.0 Å². The molecular formula is C16H19NO4S. The monoisotopic (exact) mass is 321 g/mol. The Balaban J connectivity index is 1.58. The van der Waals surface area contributed by atoms with Crippen molar-refractivity contribution in [2.75, 3.05) is 6.54 Å². The van der Waals surface area contributed by atoms with Crippen LogP contribution in [0, 0.1) is 11.3 Å². The molecule has 0 bridgehead atoms. The average Bonchev–Trinajstić information content (AvgIpc) is 3.22. The van der Waals surface area contributed by atoms with E-state index in [9.17, 15) is 13.2 Å². The smallest absolute Gasteiger partial charge is 0.338 e. The largest absolute Gasteiger partial charge is 0.457 e. The Morgan fingerprint density at radius 1 is 1.27 bits per heavy atom. The lowest BCUT2D eigenvalue weighted by atomic mass is 9.65. The van der Waals surface area contributed by atoms with E-state index in [0.717, 1.165) is 12.8 Å². The van der Waals surface area contributed by atoms with Crippen LogP contribution in [0.5, 0.6) is 0 Å². The number of ether oxygens (including phenoxy) is 1. The molecule has 0 atom stereocenters. The summed E-state index contributed by atoms with van der Waals surface area (Å²) in [5.74, 6) is 0.246. The summed E-state index contributed by atoms with van der Waals surface area (Å²) in [4.78, 5) is 11.8. The van der Waals surface area contributed by atoms with Crippen molar-refractivity contribution < 1.29 is 17.9 Å². The SMILES string of the molecule is O=C1OCc2c1cccc2S(=O)(=O)NCC1(C2CC2)CCC1. The molecule has 2 saturated carbocycles. The first-order valence-corrected chi connectivity index (χ1v) is 9.29. The van der Waals surface area contributed by atoms with E-state index in [4.69, 9.17) is 4.74 Å². The van der Waals surface area contributed by atoms with E-state index in [-0.39, 0.29) is 16.9 Å². The summed E-state index contributed by atoms with van der Waals surface area (Å²) >= 11 is 0. The molecule has 0 radical (unpaired) electrons. The summed E-state index contributed by atoms with van der Waals surface area (Å²) in [5, 5.41) is 0. The molecule has 3 aliphatic rings. The molecule has 0 unspecified atom stereocenters. The van der Waals surface area contributed by atoms with Crippen LogP contribution in [0.3, 0.4) is 0 Å². The Hall–Kier alpha value is -1.40. The molecule has 0 saturated heterocycles. The van der Waals surface area contributed by atoms with Crippen molar-refractivity contribution in [3.8, 4) is 0 Å². The highest BCUT2D eigenvalue weighted by Gasteiger charge is 2.49. The fourth-order valence-corrected chi connectivity index (χ4v) is 5.13. The quantitative estimate of drug-likeness (QED) is 0.844. The van der Waals surface area contributed by atoms with Gasteiger partial charge in [0.15, 0.2) is 0 Å². The van der Waals surface area contributed by atoms with Crippen molar-refractivity contribution in [3.63, 3.8) is 0 Å². The molecule has 0 amide bonds. The fourth-order valence-electron chi connectivity index (χ4n) is 3.75. The lowest BCUT2D eigenvalue weighted by Gasteiger charge is -2.42. The molecule has 5 nitrogen and oxygen atoms in total. The Morgan fingerprint density at radius 2 is 2.05 bits per heavy atom. The fraction of sp³-hybridized carbons (Fsp3) is 0.562. The van der Waals surface area contributed by atoms with Crippen LogP contribution in [0.15, 0.2) is 23.1 Å². The first kappa shape index (κ1) is 14.2. The normalized spacial score (nSPS) is 22.8. The molecule has 1 N–H and O–H groups in total. The van der Waals surface area contributed by atoms with Gasteiger partial charge in [0.1, 0.15) is 6.61 Å². The van der Waals surface area contributed by atoms with Gasteiger partial charge in [0.05, 0.1) is 10.5 Å². The molecule has 1 heterocycles. The second-order valence-electron chi connectivity index (χ2n) is 6.67. The average molecular weight is 321 g/mol. The van der Waals surface area contributed by atoms with E-state index in [2.05, 4.69) is 4.72 Å². The third-order valence-corrected chi connectivity index (χ3v) is 6.88. The minimum Gasteiger partial charge on any atom is -0.457 e. The maximum Gasteiger partial charge on any atom is 0.338 e. The third-order valence-electron chi connectivity index (χ3n) is 5.40. The molecule has 6 heteroatoms. The molecular weight excluding hydrogens is 302 g/mol. The van der Waals surface area contributed by atoms with Gasteiger partial charge in [-0.1, -0.05) is 12.5 Å². The van der Waals surface area contributed by atoms with Gasteiger partial charge in [0, 0.05) is 12.1 Å². The van der Waals surface area contributed by atoms with E-state index in [1.807, 2.05) is 0 Å². The van der Waals surface area contributed by atoms with Crippen molar-refractivity contribution in [2.45, 2.75) is 43.6 Å². The topological polar surface area (TPSA) is 72.5 Å². The van der Waals surface area contributed by atoms with E-state index < -0.39 is 16.0 Å². The van der Waals surface area contributed by atoms with Crippen LogP contribution in [0.4, 0.5) is 0 Å². The lowest BCUT2D eigenvalue weighted by molar-refractivity contribution is 0.0534. The van der Waals surface area contributed by atoms with Crippen molar-refractivity contribution in [1.29, 1.82) is 0 Å². The standard InChI is InChI=1S/C16H19NO4S/c18-15-12-3-1-4-14(13(12)9-21-15)22(19,20)17-10-16(7-2-8-16)11-5-6-11/h1,3-4,11,17H,2,5-10H2. The number of hydrogen-bond acceptors (Lipinski definition) is 4. The zero-order valence-corrected chi connectivity index (χ0v) is 13.1. The Labute approximate surface area is 130 Å². The summed E-state index contributed by atoms with van der Waals surface area (Å²) in [7, 11) is -3.61. The maximum atomic E-state index is 12.7. The highest BCUT2D eigenvalue weighted by atomic mass is 32.2. The molecule has 1 aromatic rings. The van der Waals surface area contributed by atoms with Gasteiger partial charge in [-0.2, -0.15) is 0 Å². The summed E-state index contributed by atoms with van der Waals surface area (Å²) in [6, 6.07) is 4.76. The molecule has 22 heavy (non-hydrogen) atoms. The number of carbonyl (C=O) groups is 1. The van der Waals surface area contributed by atoms with Gasteiger partial charge in [-0.15, -0.1) is 0 Å². The van der Waals surface area contributed by atoms with E-state index >= 15 is 0 Å². The van der Waals surface area contributed by atoms with Crippen LogP contribution >= 0.6 is 0 Å². The Morgan fingerprint density at radius 3 is 2.68 bits per heavy atom. The zero-order chi connectivity index (χ0) is 15.4. The number of cyclic esters (lactones) is 1. The second kappa shape index (κ2) is 4.80. The van der Waals surface area contributed by atoms with Crippen LogP contribution in [-0.4, -0.2) is 20.9 Å². The molecule has 2 fully saturated rings. The number of hydrogen-bond donors (Lipinski definition) is 1. The molecule has 0 aromatic heterocycles. The van der Waals surface area contributed by atoms with E-state index in [1.165, 1.54) is 19.3 Å². The predicted molar refractivity (Wildman–Crippen MR) is 79.8 cm³/mol. The van der Waals surface area contributed by atoms with Crippen LogP contribution in [-0.2, 0) is 21.4 Å². The number of carbonyl (C=O) groups excluding carboxylic acids is 1. The zero-order valence-electron chi connectivity index (χ0n) is 12.3. The van der Waals surface area contributed by atoms with Crippen LogP contribution in [0.25, 0.3) is 0 Å². The molecule has 0 spiro atoms. The minimum atomic E-state index is -3.61. The molecule has 4 rings (SSSR count). The highest BCUT2D eigenvalue weighted by molar-refractivity contribution is 7.89. The molecule has 1 aliphatic heterocycles. The Kier molecular flexibility index (Phi) is 3.10. The second-order valence-corrected chi connectivity index (χ2v) is 8.41. The number of rotatable bonds is 5. The van der Waals surface area contributed by atoms with Crippen molar-refractivity contribution in [3.05, 3.63) is 29.3 Å². The van der Waals surface area contributed by atoms with Crippen LogP contribution < -0.4 is 4.72 Å². The van der Waals surface area contributed by atoms with Crippen molar-refractivity contribution in [2.24, 2.45) is 11.3 Å². The number of esters is 1. The van der Waals surface area contributed by atoms with E-state index in [1.54, 1.807) is 18.2 Å². The van der Waals surface area contributed by atoms with Crippen LogP contribution in [0.2, 0.25) is 0 Å². The first-order valence-electron chi connectivity index (χ1n) is 7.81. The third kappa shape index (κ3) is 2.16. The summed E-state index contributed by atoms with van der Waals surface area (Å²) < 4.78 is 33.0. The molecule has 1 aromatic carbocycles. The van der Waals surface area contributed by atoms with E-state index in [0.29, 0.717) is 23.6 Å². The summed E-state index contributed by atoms with van der Waals surface area (Å²) in [6.45, 7) is 0.553. The molecule has 2 aliphatic carbocycles. The molecule has 118 valence electrons. The van der Waals surface area contributed by atoms with Crippen LogP contribution in [0.1, 0.15) is 48.0 Å². The number of nitrogens with one attached hydrogen (secondary N) is 1. The van der Waals surface area contributed by atoms with Crippen molar-refractivity contribution in [1.82, 2.24) is 4.72 Å². The first-order chi connectivity index (χ1) is 10.5. The minimum absolute atomic E-state index is 0.0407. The van der Waals surface area contributed by atoms with Gasteiger partial charge in [-0.3, -0.25) is 0 Å². The van der Waals surface area contributed by atoms with Gasteiger partial charge < -0.3 is 4.74 Å². The van der Waals surface area contributed by atoms with Gasteiger partial charge in [0.2, 0.25) is 10.0 Å². The maximum absolute atomic E-state index is 12.7. The van der Waals surface area contributed by atoms with Gasteiger partial charge in [-0.25, -0.2) is 17.9 Å². The van der Waals surface area contributed by atoms with Gasteiger partial charge >= 0.3 is 5.97 Å². The van der Waals surface area contributed by atoms with Gasteiger partial charge in [0.25, 0.3) is 0 Å². The van der Waals surface area contributed by atoms with Gasteiger partial charge in [-0.05, 0) is 49.1 Å². The highest BCUT2D eigenvalue weighted by Crippen LogP contribution is 2.56. The number of sulfonamides is 1. The summed E-state index contributed by atoms with van der Waals surface area (Å²) in [5.41, 5.74) is 1.02. The predicted octanol–water partition coefficient (Wildman–Crippen LogP) is 2.22. The number of fused-ring (bicyclic) bond motifs is 1. The Bertz CT molecular complexity index is 733.